The predicted octanol–water partition coefficient (Wildman–Crippen LogP) is 6.16. The van der Waals surface area contributed by atoms with Gasteiger partial charge in [0, 0.05) is 23.3 Å². The molecular formula is C23H24ClNO2. The fourth-order valence-corrected chi connectivity index (χ4v) is 2.92. The van der Waals surface area contributed by atoms with E-state index in [4.69, 9.17) is 21.1 Å². The summed E-state index contributed by atoms with van der Waals surface area (Å²) in [7, 11) is 1.64. The van der Waals surface area contributed by atoms with Crippen LogP contribution in [0.1, 0.15) is 22.3 Å². The third-order valence-electron chi connectivity index (χ3n) is 4.38. The first-order valence-electron chi connectivity index (χ1n) is 8.90. The molecule has 140 valence electrons. The number of ether oxygens (including phenoxy) is 2. The lowest BCUT2D eigenvalue weighted by Crippen LogP contribution is -2.03. The highest BCUT2D eigenvalue weighted by Crippen LogP contribution is 2.34. The zero-order chi connectivity index (χ0) is 19.2. The number of hydrogen-bond acceptors (Lipinski definition) is 3. The van der Waals surface area contributed by atoms with Crippen LogP contribution in [0.15, 0.2) is 60.7 Å². The Morgan fingerprint density at radius 1 is 0.852 bits per heavy atom. The number of hydrogen-bond donors (Lipinski definition) is 1. The fraction of sp³-hybridized carbons (Fsp3) is 0.217. The van der Waals surface area contributed by atoms with E-state index in [2.05, 4.69) is 67.7 Å². The Kier molecular flexibility index (Phi) is 6.25. The Morgan fingerprint density at radius 3 is 2.11 bits per heavy atom. The zero-order valence-corrected chi connectivity index (χ0v) is 16.6. The SMILES string of the molecule is COc1cc(CNc2ccc(C)cc2)c(Cl)cc1OCc1ccc(C)cc1. The first-order valence-corrected chi connectivity index (χ1v) is 9.28. The van der Waals surface area contributed by atoms with Crippen molar-refractivity contribution in [1.82, 2.24) is 0 Å². The summed E-state index contributed by atoms with van der Waals surface area (Å²) in [5, 5.41) is 4.03. The van der Waals surface area contributed by atoms with Crippen molar-refractivity contribution in [2.75, 3.05) is 12.4 Å². The van der Waals surface area contributed by atoms with Gasteiger partial charge in [-0.05, 0) is 43.2 Å². The molecule has 0 aliphatic carbocycles. The Labute approximate surface area is 165 Å². The summed E-state index contributed by atoms with van der Waals surface area (Å²) in [6, 6.07) is 20.3. The lowest BCUT2D eigenvalue weighted by atomic mass is 10.1. The van der Waals surface area contributed by atoms with Crippen LogP contribution in [0.3, 0.4) is 0 Å². The molecule has 3 aromatic carbocycles. The molecule has 0 saturated carbocycles. The van der Waals surface area contributed by atoms with Crippen LogP contribution in [0, 0.1) is 13.8 Å². The molecule has 0 amide bonds. The molecule has 4 heteroatoms. The van der Waals surface area contributed by atoms with Gasteiger partial charge in [0.05, 0.1) is 7.11 Å². The van der Waals surface area contributed by atoms with Crippen molar-refractivity contribution in [2.45, 2.75) is 27.0 Å². The molecule has 0 spiro atoms. The fourth-order valence-electron chi connectivity index (χ4n) is 2.70. The van der Waals surface area contributed by atoms with E-state index in [9.17, 15) is 0 Å². The molecular weight excluding hydrogens is 358 g/mol. The molecule has 0 radical (unpaired) electrons. The maximum absolute atomic E-state index is 6.48. The topological polar surface area (TPSA) is 30.5 Å². The Bertz CT molecular complexity index is 890. The number of nitrogens with one attached hydrogen (secondary N) is 1. The van der Waals surface area contributed by atoms with Gasteiger partial charge in [0.25, 0.3) is 0 Å². The maximum atomic E-state index is 6.48. The molecule has 3 aromatic rings. The monoisotopic (exact) mass is 381 g/mol. The molecule has 0 fully saturated rings. The summed E-state index contributed by atoms with van der Waals surface area (Å²) < 4.78 is 11.4. The Hall–Kier alpha value is -2.65. The number of aryl methyl sites for hydroxylation is 2. The van der Waals surface area contributed by atoms with Crippen LogP contribution in [-0.2, 0) is 13.2 Å². The third kappa shape index (κ3) is 5.18. The first-order chi connectivity index (χ1) is 13.0. The van der Waals surface area contributed by atoms with Crippen molar-refractivity contribution in [1.29, 1.82) is 0 Å². The molecule has 0 unspecified atom stereocenters. The summed E-state index contributed by atoms with van der Waals surface area (Å²) in [6.45, 7) is 5.21. The summed E-state index contributed by atoms with van der Waals surface area (Å²) in [5.74, 6) is 1.31. The number of anilines is 1. The van der Waals surface area contributed by atoms with Crippen LogP contribution in [0.4, 0.5) is 5.69 Å². The van der Waals surface area contributed by atoms with E-state index < -0.39 is 0 Å². The number of halogens is 1. The molecule has 0 aromatic heterocycles. The minimum Gasteiger partial charge on any atom is -0.493 e. The zero-order valence-electron chi connectivity index (χ0n) is 15.9. The Balaban J connectivity index is 1.70. The van der Waals surface area contributed by atoms with Gasteiger partial charge < -0.3 is 14.8 Å². The van der Waals surface area contributed by atoms with E-state index in [1.807, 2.05) is 12.1 Å². The third-order valence-corrected chi connectivity index (χ3v) is 4.73. The second kappa shape index (κ2) is 8.83. The van der Waals surface area contributed by atoms with E-state index in [0.717, 1.165) is 16.8 Å². The van der Waals surface area contributed by atoms with Crippen molar-refractivity contribution in [3.63, 3.8) is 0 Å². The van der Waals surface area contributed by atoms with E-state index >= 15 is 0 Å². The van der Waals surface area contributed by atoms with Crippen LogP contribution in [0.5, 0.6) is 11.5 Å². The number of benzene rings is 3. The summed E-state index contributed by atoms with van der Waals surface area (Å²) in [6.07, 6.45) is 0. The average Bonchev–Trinajstić information content (AvgIpc) is 2.68. The first kappa shape index (κ1) is 19.1. The van der Waals surface area contributed by atoms with E-state index in [0.29, 0.717) is 29.7 Å². The van der Waals surface area contributed by atoms with Gasteiger partial charge in [-0.3, -0.25) is 0 Å². The normalized spacial score (nSPS) is 10.5. The smallest absolute Gasteiger partial charge is 0.163 e. The van der Waals surface area contributed by atoms with Crippen LogP contribution in [-0.4, -0.2) is 7.11 Å². The molecule has 3 rings (SSSR count). The Morgan fingerprint density at radius 2 is 1.48 bits per heavy atom. The molecule has 0 heterocycles. The van der Waals surface area contributed by atoms with Gasteiger partial charge in [0.2, 0.25) is 0 Å². The molecule has 0 aliphatic heterocycles. The summed E-state index contributed by atoms with van der Waals surface area (Å²) >= 11 is 6.48. The van der Waals surface area contributed by atoms with E-state index in [1.165, 1.54) is 11.1 Å². The van der Waals surface area contributed by atoms with Crippen LogP contribution in [0.25, 0.3) is 0 Å². The van der Waals surface area contributed by atoms with Crippen molar-refractivity contribution in [2.24, 2.45) is 0 Å². The predicted molar refractivity (Wildman–Crippen MR) is 112 cm³/mol. The molecule has 0 atom stereocenters. The summed E-state index contributed by atoms with van der Waals surface area (Å²) in [5.41, 5.74) is 5.57. The van der Waals surface area contributed by atoms with E-state index in [1.54, 1.807) is 7.11 Å². The van der Waals surface area contributed by atoms with Crippen molar-refractivity contribution in [3.8, 4) is 11.5 Å². The van der Waals surface area contributed by atoms with Crippen molar-refractivity contribution < 1.29 is 9.47 Å². The quantitative estimate of drug-likeness (QED) is 0.531. The molecule has 0 saturated heterocycles. The van der Waals surface area contributed by atoms with Crippen molar-refractivity contribution >= 4 is 17.3 Å². The molecule has 0 bridgehead atoms. The van der Waals surface area contributed by atoms with Gasteiger partial charge in [-0.1, -0.05) is 59.1 Å². The second-order valence-corrected chi connectivity index (χ2v) is 7.00. The highest BCUT2D eigenvalue weighted by molar-refractivity contribution is 6.31. The highest BCUT2D eigenvalue weighted by Gasteiger charge is 2.11. The lowest BCUT2D eigenvalue weighted by Gasteiger charge is -2.15. The van der Waals surface area contributed by atoms with Crippen LogP contribution in [0.2, 0.25) is 5.02 Å². The molecule has 27 heavy (non-hydrogen) atoms. The molecule has 3 nitrogen and oxygen atoms in total. The minimum atomic E-state index is 0.466. The van der Waals surface area contributed by atoms with Gasteiger partial charge in [0.1, 0.15) is 6.61 Å². The second-order valence-electron chi connectivity index (χ2n) is 6.59. The van der Waals surface area contributed by atoms with Gasteiger partial charge >= 0.3 is 0 Å². The number of rotatable bonds is 7. The minimum absolute atomic E-state index is 0.466. The van der Waals surface area contributed by atoms with Gasteiger partial charge in [0.15, 0.2) is 11.5 Å². The maximum Gasteiger partial charge on any atom is 0.163 e. The molecule has 1 N–H and O–H groups in total. The van der Waals surface area contributed by atoms with Crippen molar-refractivity contribution in [3.05, 3.63) is 87.9 Å². The largest absolute Gasteiger partial charge is 0.493 e. The molecule has 0 aliphatic rings. The van der Waals surface area contributed by atoms with Gasteiger partial charge in [-0.2, -0.15) is 0 Å². The standard InChI is InChI=1S/C23H24ClNO2/c1-16-4-8-18(9-5-16)15-27-23-13-21(24)19(12-22(23)26-3)14-25-20-10-6-17(2)7-11-20/h4-13,25H,14-15H2,1-3H3. The number of methoxy groups -OCH3 is 1. The van der Waals surface area contributed by atoms with Gasteiger partial charge in [-0.15, -0.1) is 0 Å². The summed E-state index contributed by atoms with van der Waals surface area (Å²) in [4.78, 5) is 0. The van der Waals surface area contributed by atoms with Crippen LogP contribution < -0.4 is 14.8 Å². The van der Waals surface area contributed by atoms with Crippen LogP contribution >= 0.6 is 11.6 Å². The van der Waals surface area contributed by atoms with Gasteiger partial charge in [-0.25, -0.2) is 0 Å². The highest BCUT2D eigenvalue weighted by atomic mass is 35.5. The van der Waals surface area contributed by atoms with E-state index in [-0.39, 0.29) is 0 Å². The lowest BCUT2D eigenvalue weighted by molar-refractivity contribution is 0.284. The average molecular weight is 382 g/mol.